The van der Waals surface area contributed by atoms with Gasteiger partial charge in [-0.1, -0.05) is 23.2 Å². The van der Waals surface area contributed by atoms with Crippen molar-refractivity contribution in [2.75, 3.05) is 5.75 Å². The summed E-state index contributed by atoms with van der Waals surface area (Å²) in [5.41, 5.74) is 0. The fraction of sp³-hybridized carbons (Fsp3) is 0.300. The van der Waals surface area contributed by atoms with Crippen molar-refractivity contribution in [3.05, 3.63) is 28.2 Å². The van der Waals surface area contributed by atoms with E-state index in [0.717, 1.165) is 0 Å². The lowest BCUT2D eigenvalue weighted by Gasteiger charge is -2.04. The van der Waals surface area contributed by atoms with Gasteiger partial charge in [0.1, 0.15) is 0 Å². The Kier molecular flexibility index (Phi) is 4.59. The van der Waals surface area contributed by atoms with Gasteiger partial charge in [0.15, 0.2) is 0 Å². The van der Waals surface area contributed by atoms with Crippen LogP contribution in [0.2, 0.25) is 10.0 Å². The van der Waals surface area contributed by atoms with Gasteiger partial charge in [-0.25, -0.2) is 0 Å². The van der Waals surface area contributed by atoms with Gasteiger partial charge in [0.05, 0.1) is 32.8 Å². The summed E-state index contributed by atoms with van der Waals surface area (Å²) in [6, 6.07) is 6.88. The molecule has 2 atom stereocenters. The highest BCUT2D eigenvalue weighted by Crippen LogP contribution is 2.24. The van der Waals surface area contributed by atoms with E-state index >= 15 is 0 Å². The zero-order valence-electron chi connectivity index (χ0n) is 8.04. The van der Waals surface area contributed by atoms with E-state index in [1.165, 1.54) is 0 Å². The third kappa shape index (κ3) is 3.49. The Balaban J connectivity index is 2.84. The van der Waals surface area contributed by atoms with E-state index in [2.05, 4.69) is 0 Å². The summed E-state index contributed by atoms with van der Waals surface area (Å²) in [5.74, 6) is 0.0781. The molecule has 2 nitrogen and oxygen atoms in total. The molecule has 0 bridgehead atoms. The molecule has 1 aromatic rings. The molecular weight excluding hydrogens is 253 g/mol. The van der Waals surface area contributed by atoms with E-state index in [1.807, 2.05) is 6.07 Å². The number of hydrogen-bond donors (Lipinski definition) is 0. The minimum absolute atomic E-state index is 0.236. The lowest BCUT2D eigenvalue weighted by atomic mass is 10.3. The maximum absolute atomic E-state index is 11.7. The van der Waals surface area contributed by atoms with Crippen LogP contribution >= 0.6 is 23.2 Å². The summed E-state index contributed by atoms with van der Waals surface area (Å²) in [5, 5.41) is 9.42. The Morgan fingerprint density at radius 3 is 2.67 bits per heavy atom. The maximum Gasteiger partial charge on any atom is 0.0662 e. The van der Waals surface area contributed by atoms with Crippen LogP contribution in [-0.2, 0) is 10.8 Å². The van der Waals surface area contributed by atoms with Crippen LogP contribution in [0.25, 0.3) is 0 Å². The monoisotopic (exact) mass is 261 g/mol. The molecule has 0 aromatic heterocycles. The molecule has 1 aromatic carbocycles. The van der Waals surface area contributed by atoms with E-state index in [1.54, 1.807) is 25.1 Å². The Hall–Kier alpha value is -0.560. The average Bonchev–Trinajstić information content (AvgIpc) is 2.21. The Morgan fingerprint density at radius 2 is 2.13 bits per heavy atom. The minimum Gasteiger partial charge on any atom is -0.254 e. The Bertz CT molecular complexity index is 428. The van der Waals surface area contributed by atoms with Crippen LogP contribution in [0, 0.1) is 17.2 Å². The molecule has 2 unspecified atom stereocenters. The van der Waals surface area contributed by atoms with Crippen molar-refractivity contribution in [2.45, 2.75) is 11.8 Å². The molecule has 0 N–H and O–H groups in total. The molecule has 0 saturated heterocycles. The van der Waals surface area contributed by atoms with Crippen LogP contribution in [0.1, 0.15) is 6.92 Å². The van der Waals surface area contributed by atoms with Gasteiger partial charge < -0.3 is 0 Å². The highest BCUT2D eigenvalue weighted by molar-refractivity contribution is 7.85. The second kappa shape index (κ2) is 5.50. The van der Waals surface area contributed by atoms with Gasteiger partial charge in [-0.2, -0.15) is 5.26 Å². The van der Waals surface area contributed by atoms with Crippen LogP contribution in [0.4, 0.5) is 0 Å². The van der Waals surface area contributed by atoms with Crippen molar-refractivity contribution in [1.82, 2.24) is 0 Å². The fourth-order valence-electron chi connectivity index (χ4n) is 0.979. The number of rotatable bonds is 3. The van der Waals surface area contributed by atoms with E-state index < -0.39 is 10.8 Å². The molecule has 1 rings (SSSR count). The second-order valence-corrected chi connectivity index (χ2v) is 5.43. The summed E-state index contributed by atoms with van der Waals surface area (Å²) in [4.78, 5) is 0.603. The smallest absolute Gasteiger partial charge is 0.0662 e. The first-order valence-electron chi connectivity index (χ1n) is 4.27. The molecule has 0 saturated carbocycles. The average molecular weight is 262 g/mol. The van der Waals surface area contributed by atoms with Gasteiger partial charge >= 0.3 is 0 Å². The number of benzene rings is 1. The zero-order valence-corrected chi connectivity index (χ0v) is 10.4. The van der Waals surface area contributed by atoms with Gasteiger partial charge in [-0.3, -0.25) is 4.21 Å². The molecule has 0 radical (unpaired) electrons. The molecule has 15 heavy (non-hydrogen) atoms. The van der Waals surface area contributed by atoms with Gasteiger partial charge in [0, 0.05) is 10.6 Å². The molecule has 0 aliphatic rings. The van der Waals surface area contributed by atoms with E-state index in [9.17, 15) is 4.21 Å². The van der Waals surface area contributed by atoms with Gasteiger partial charge in [-0.05, 0) is 25.1 Å². The van der Waals surface area contributed by atoms with Crippen LogP contribution in [-0.4, -0.2) is 9.96 Å². The van der Waals surface area contributed by atoms with Crippen molar-refractivity contribution in [1.29, 1.82) is 5.26 Å². The predicted octanol–water partition coefficient (Wildman–Crippen LogP) is 3.26. The quantitative estimate of drug-likeness (QED) is 0.838. The van der Waals surface area contributed by atoms with E-state index in [4.69, 9.17) is 28.5 Å². The van der Waals surface area contributed by atoms with Crippen molar-refractivity contribution < 1.29 is 4.21 Å². The lowest BCUT2D eigenvalue weighted by molar-refractivity contribution is 0.676. The summed E-state index contributed by atoms with van der Waals surface area (Å²) in [7, 11) is -1.20. The highest BCUT2D eigenvalue weighted by Gasteiger charge is 2.10. The largest absolute Gasteiger partial charge is 0.254 e. The van der Waals surface area contributed by atoms with E-state index in [0.29, 0.717) is 20.7 Å². The Morgan fingerprint density at radius 1 is 1.47 bits per heavy atom. The fourth-order valence-corrected chi connectivity index (χ4v) is 2.53. The number of hydrogen-bond acceptors (Lipinski definition) is 2. The van der Waals surface area contributed by atoms with Crippen molar-refractivity contribution in [2.24, 2.45) is 5.92 Å². The summed E-state index contributed by atoms with van der Waals surface area (Å²) in [6.07, 6.45) is 0. The van der Waals surface area contributed by atoms with Crippen molar-refractivity contribution in [3.63, 3.8) is 0 Å². The van der Waals surface area contributed by atoms with Crippen LogP contribution in [0.15, 0.2) is 23.1 Å². The second-order valence-electron chi connectivity index (χ2n) is 3.12. The van der Waals surface area contributed by atoms with Crippen LogP contribution < -0.4 is 0 Å². The van der Waals surface area contributed by atoms with Crippen LogP contribution in [0.5, 0.6) is 0 Å². The molecular formula is C10H9Cl2NOS. The van der Waals surface area contributed by atoms with E-state index in [-0.39, 0.29) is 5.92 Å². The van der Waals surface area contributed by atoms with Crippen LogP contribution in [0.3, 0.4) is 0 Å². The molecule has 0 aliphatic heterocycles. The molecule has 80 valence electrons. The van der Waals surface area contributed by atoms with Crippen molar-refractivity contribution in [3.8, 4) is 6.07 Å². The highest BCUT2D eigenvalue weighted by atomic mass is 35.5. The summed E-state index contributed by atoms with van der Waals surface area (Å²) >= 11 is 11.5. The summed E-state index contributed by atoms with van der Waals surface area (Å²) in [6.45, 7) is 1.73. The van der Waals surface area contributed by atoms with Gasteiger partial charge in [-0.15, -0.1) is 0 Å². The maximum atomic E-state index is 11.7. The molecule has 0 spiro atoms. The molecule has 0 fully saturated rings. The first-order valence-corrected chi connectivity index (χ1v) is 6.35. The first kappa shape index (κ1) is 12.5. The predicted molar refractivity (Wildman–Crippen MR) is 62.5 cm³/mol. The Labute approximate surface area is 101 Å². The molecule has 0 amide bonds. The first-order chi connectivity index (χ1) is 7.04. The van der Waals surface area contributed by atoms with Gasteiger partial charge in [0.2, 0.25) is 0 Å². The molecule has 0 aliphatic carbocycles. The molecule has 0 heterocycles. The zero-order chi connectivity index (χ0) is 11.4. The molecule has 5 heteroatoms. The van der Waals surface area contributed by atoms with Crippen molar-refractivity contribution >= 4 is 34.0 Å². The lowest BCUT2D eigenvalue weighted by Crippen LogP contribution is -2.05. The third-order valence-electron chi connectivity index (χ3n) is 1.78. The topological polar surface area (TPSA) is 40.9 Å². The number of halogens is 2. The number of nitriles is 1. The SMILES string of the molecule is CC(C#N)CS(=O)c1ccc(Cl)c(Cl)c1. The normalized spacial score (nSPS) is 14.3. The number of nitrogens with zero attached hydrogens (tertiary/aromatic N) is 1. The third-order valence-corrected chi connectivity index (χ3v) is 4.10. The standard InChI is InChI=1S/C10H9Cl2NOS/c1-7(5-13)6-15(14)8-2-3-9(11)10(12)4-8/h2-4,7H,6H2,1H3. The minimum atomic E-state index is -1.20. The van der Waals surface area contributed by atoms with Gasteiger partial charge in [0.25, 0.3) is 0 Å². The summed E-state index contributed by atoms with van der Waals surface area (Å²) < 4.78 is 11.7.